The standard InChI is InChI=1S/C25H22F3O5P/c1-3-32-19-14-10-15-20(33-4-2)22(19)24(30)34(31,23(29)17-11-6-5-7-12-17)21-16-9-8-13-18(21)25(26,27)28/h5-16H,3-4H2,1-2H3. The lowest BCUT2D eigenvalue weighted by molar-refractivity contribution is -0.136. The van der Waals surface area contributed by atoms with Gasteiger partial charge in [0, 0.05) is 10.9 Å². The average molecular weight is 490 g/mol. The van der Waals surface area contributed by atoms with E-state index in [1.54, 1.807) is 19.9 Å². The Morgan fingerprint density at radius 3 is 1.82 bits per heavy atom. The van der Waals surface area contributed by atoms with E-state index in [2.05, 4.69) is 0 Å². The van der Waals surface area contributed by atoms with Gasteiger partial charge in [-0.25, -0.2) is 0 Å². The van der Waals surface area contributed by atoms with Crippen LogP contribution in [0.2, 0.25) is 0 Å². The third-order valence-corrected chi connectivity index (χ3v) is 7.64. The molecule has 0 bridgehead atoms. The second-order valence-electron chi connectivity index (χ2n) is 7.10. The zero-order valence-electron chi connectivity index (χ0n) is 18.5. The van der Waals surface area contributed by atoms with Gasteiger partial charge in [0.2, 0.25) is 18.2 Å². The van der Waals surface area contributed by atoms with Crippen molar-refractivity contribution in [1.82, 2.24) is 0 Å². The molecule has 0 aliphatic rings. The van der Waals surface area contributed by atoms with Crippen LogP contribution in [-0.2, 0) is 10.7 Å². The van der Waals surface area contributed by atoms with Crippen LogP contribution in [0.3, 0.4) is 0 Å². The molecule has 3 aromatic rings. The Balaban J connectivity index is 2.37. The molecule has 0 radical (unpaired) electrons. The molecule has 1 unspecified atom stereocenters. The van der Waals surface area contributed by atoms with Gasteiger partial charge in [0.1, 0.15) is 17.1 Å². The highest BCUT2D eigenvalue weighted by Crippen LogP contribution is 2.55. The van der Waals surface area contributed by atoms with Crippen LogP contribution < -0.4 is 14.8 Å². The van der Waals surface area contributed by atoms with Crippen molar-refractivity contribution in [2.45, 2.75) is 20.0 Å². The minimum absolute atomic E-state index is 0.0379. The first kappa shape index (κ1) is 25.2. The van der Waals surface area contributed by atoms with E-state index in [9.17, 15) is 27.3 Å². The lowest BCUT2D eigenvalue weighted by Gasteiger charge is -2.22. The van der Waals surface area contributed by atoms with Crippen molar-refractivity contribution in [3.63, 3.8) is 0 Å². The Labute approximate surface area is 194 Å². The first-order valence-corrected chi connectivity index (χ1v) is 12.2. The number of benzene rings is 3. The number of halogens is 3. The summed E-state index contributed by atoms with van der Waals surface area (Å²) in [7, 11) is -5.09. The number of alkyl halides is 3. The molecule has 0 aromatic heterocycles. The van der Waals surface area contributed by atoms with Crippen LogP contribution in [0.5, 0.6) is 11.5 Å². The van der Waals surface area contributed by atoms with Gasteiger partial charge < -0.3 is 14.0 Å². The van der Waals surface area contributed by atoms with Crippen molar-refractivity contribution in [1.29, 1.82) is 0 Å². The van der Waals surface area contributed by atoms with Crippen molar-refractivity contribution in [3.8, 4) is 11.5 Å². The van der Waals surface area contributed by atoms with Crippen LogP contribution in [-0.4, -0.2) is 24.3 Å². The van der Waals surface area contributed by atoms with Crippen LogP contribution in [0.15, 0.2) is 72.8 Å². The van der Waals surface area contributed by atoms with Crippen molar-refractivity contribution >= 4 is 23.5 Å². The van der Waals surface area contributed by atoms with Crippen LogP contribution in [0.1, 0.15) is 40.1 Å². The van der Waals surface area contributed by atoms with Crippen LogP contribution in [0.25, 0.3) is 0 Å². The normalized spacial score (nSPS) is 13.1. The van der Waals surface area contributed by atoms with E-state index in [0.717, 1.165) is 12.1 Å². The third-order valence-electron chi connectivity index (χ3n) is 4.94. The third kappa shape index (κ3) is 4.77. The molecule has 0 aliphatic carbocycles. The maximum atomic E-state index is 14.5. The van der Waals surface area contributed by atoms with Gasteiger partial charge in [-0.3, -0.25) is 9.59 Å². The van der Waals surface area contributed by atoms with E-state index in [4.69, 9.17) is 9.47 Å². The number of carbonyl (C=O) groups is 2. The number of rotatable bonds is 9. The van der Waals surface area contributed by atoms with Crippen LogP contribution >= 0.6 is 7.14 Å². The molecule has 3 rings (SSSR count). The van der Waals surface area contributed by atoms with Crippen LogP contribution in [0.4, 0.5) is 13.2 Å². The highest BCUT2D eigenvalue weighted by molar-refractivity contribution is 8.01. The summed E-state index contributed by atoms with van der Waals surface area (Å²) in [6, 6.07) is 15.4. The minimum atomic E-state index is -5.09. The molecule has 0 heterocycles. The molecule has 178 valence electrons. The Morgan fingerprint density at radius 2 is 1.29 bits per heavy atom. The summed E-state index contributed by atoms with van der Waals surface area (Å²) in [6.07, 6.45) is -4.95. The van der Waals surface area contributed by atoms with E-state index in [1.165, 1.54) is 48.5 Å². The van der Waals surface area contributed by atoms with Gasteiger partial charge in [0.15, 0.2) is 0 Å². The topological polar surface area (TPSA) is 69.7 Å². The van der Waals surface area contributed by atoms with Gasteiger partial charge in [-0.05, 0) is 32.0 Å². The minimum Gasteiger partial charge on any atom is -0.493 e. The number of hydrogen-bond donors (Lipinski definition) is 0. The summed E-state index contributed by atoms with van der Waals surface area (Å²) in [5.41, 5.74) is -4.30. The first-order valence-electron chi connectivity index (χ1n) is 10.5. The van der Waals surface area contributed by atoms with E-state index < -0.39 is 35.2 Å². The zero-order valence-corrected chi connectivity index (χ0v) is 19.4. The summed E-state index contributed by atoms with van der Waals surface area (Å²) in [5.74, 6) is -0.0759. The first-order chi connectivity index (χ1) is 16.2. The van der Waals surface area contributed by atoms with Gasteiger partial charge in [0.25, 0.3) is 0 Å². The smallest absolute Gasteiger partial charge is 0.417 e. The zero-order chi connectivity index (χ0) is 24.9. The van der Waals surface area contributed by atoms with E-state index in [1.807, 2.05) is 0 Å². The molecule has 0 saturated carbocycles. The fraction of sp³-hybridized carbons (Fsp3) is 0.200. The summed E-state index contributed by atoms with van der Waals surface area (Å²) in [5, 5.41) is -0.880. The second kappa shape index (κ2) is 10.3. The molecule has 0 saturated heterocycles. The summed E-state index contributed by atoms with van der Waals surface area (Å²) in [6.45, 7) is 3.53. The van der Waals surface area contributed by atoms with Crippen LogP contribution in [0, 0.1) is 0 Å². The highest BCUT2D eigenvalue weighted by atomic mass is 31.2. The summed E-state index contributed by atoms with van der Waals surface area (Å²) in [4.78, 5) is 27.5. The van der Waals surface area contributed by atoms with Crippen molar-refractivity contribution in [2.24, 2.45) is 0 Å². The molecule has 9 heteroatoms. The number of carbonyl (C=O) groups excluding carboxylic acids is 2. The Morgan fingerprint density at radius 1 is 0.765 bits per heavy atom. The maximum Gasteiger partial charge on any atom is 0.417 e. The van der Waals surface area contributed by atoms with Crippen molar-refractivity contribution < 1.29 is 36.8 Å². The van der Waals surface area contributed by atoms with E-state index >= 15 is 0 Å². The summed E-state index contributed by atoms with van der Waals surface area (Å²) >= 11 is 0. The lowest BCUT2D eigenvalue weighted by Crippen LogP contribution is -2.27. The molecule has 0 N–H and O–H groups in total. The fourth-order valence-corrected chi connectivity index (χ4v) is 6.00. The molecular formula is C25H22F3O5P. The molecule has 34 heavy (non-hydrogen) atoms. The molecule has 0 aliphatic heterocycles. The molecule has 0 fully saturated rings. The number of ether oxygens (including phenoxy) is 2. The van der Waals surface area contributed by atoms with Gasteiger partial charge in [-0.2, -0.15) is 13.2 Å². The fourth-order valence-electron chi connectivity index (χ4n) is 3.49. The van der Waals surface area contributed by atoms with E-state index in [-0.39, 0.29) is 35.8 Å². The van der Waals surface area contributed by atoms with Crippen molar-refractivity contribution in [3.05, 3.63) is 89.5 Å². The molecule has 0 spiro atoms. The molecule has 3 aromatic carbocycles. The molecule has 0 amide bonds. The van der Waals surface area contributed by atoms with Gasteiger partial charge in [0.05, 0.1) is 18.8 Å². The predicted octanol–water partition coefficient (Wildman–Crippen LogP) is 6.17. The predicted molar refractivity (Wildman–Crippen MR) is 123 cm³/mol. The summed E-state index contributed by atoms with van der Waals surface area (Å²) < 4.78 is 67.2. The average Bonchev–Trinajstić information content (AvgIpc) is 2.83. The maximum absolute atomic E-state index is 14.5. The van der Waals surface area contributed by atoms with E-state index in [0.29, 0.717) is 6.07 Å². The quantitative estimate of drug-likeness (QED) is 0.336. The molecular weight excluding hydrogens is 468 g/mol. The lowest BCUT2D eigenvalue weighted by atomic mass is 10.2. The molecule has 5 nitrogen and oxygen atoms in total. The Hall–Kier alpha value is -3.38. The largest absolute Gasteiger partial charge is 0.493 e. The van der Waals surface area contributed by atoms with Gasteiger partial charge >= 0.3 is 6.18 Å². The highest BCUT2D eigenvalue weighted by Gasteiger charge is 2.49. The molecule has 1 atom stereocenters. The number of hydrogen-bond acceptors (Lipinski definition) is 5. The SMILES string of the molecule is CCOc1cccc(OCC)c1C(=O)P(=O)(C(=O)c1ccccc1)c1ccccc1C(F)(F)F. The monoisotopic (exact) mass is 490 g/mol. The Bertz CT molecular complexity index is 1210. The second-order valence-corrected chi connectivity index (χ2v) is 9.61. The van der Waals surface area contributed by atoms with Gasteiger partial charge in [-0.1, -0.05) is 54.6 Å². The van der Waals surface area contributed by atoms with Gasteiger partial charge in [-0.15, -0.1) is 0 Å². The Kier molecular flexibility index (Phi) is 7.62. The van der Waals surface area contributed by atoms with Crippen molar-refractivity contribution in [2.75, 3.05) is 13.2 Å².